The van der Waals surface area contributed by atoms with E-state index in [2.05, 4.69) is 5.32 Å². The Bertz CT molecular complexity index is 893. The van der Waals surface area contributed by atoms with E-state index in [0.717, 1.165) is 0 Å². The van der Waals surface area contributed by atoms with Crippen LogP contribution in [0.15, 0.2) is 30.3 Å². The molecule has 7 heteroatoms. The third-order valence-corrected chi connectivity index (χ3v) is 4.90. The molecule has 1 heterocycles. The monoisotopic (exact) mass is 397 g/mol. The third kappa shape index (κ3) is 3.61. The summed E-state index contributed by atoms with van der Waals surface area (Å²) in [6.45, 7) is 3.71. The molecule has 0 aliphatic carbocycles. The van der Waals surface area contributed by atoms with E-state index in [1.54, 1.807) is 18.2 Å². The standard InChI is InChI=1S/C18H14Cl3NO3/c1-18(2)8-13(23)10-7-9(3-6-14(10)25-18)22-17(24)15-11(19)4-5-12(20)16(15)21/h3-7H,8H2,1-2H3,(H,22,24). The van der Waals surface area contributed by atoms with Crippen LogP contribution in [0, 0.1) is 0 Å². The molecule has 1 aliphatic heterocycles. The SMILES string of the molecule is CC1(C)CC(=O)c2cc(NC(=O)c3c(Cl)ccc(Cl)c3Cl)ccc2O1. The highest BCUT2D eigenvalue weighted by molar-refractivity contribution is 6.46. The minimum atomic E-state index is -0.545. The summed E-state index contributed by atoms with van der Waals surface area (Å²) in [5.41, 5.74) is 0.404. The van der Waals surface area contributed by atoms with E-state index in [4.69, 9.17) is 39.5 Å². The van der Waals surface area contributed by atoms with Gasteiger partial charge in [0.05, 0.1) is 32.6 Å². The lowest BCUT2D eigenvalue weighted by molar-refractivity contribution is 0.0620. The number of rotatable bonds is 2. The Balaban J connectivity index is 1.90. The maximum Gasteiger partial charge on any atom is 0.258 e. The van der Waals surface area contributed by atoms with E-state index in [1.807, 2.05) is 13.8 Å². The van der Waals surface area contributed by atoms with Crippen molar-refractivity contribution in [3.8, 4) is 5.75 Å². The lowest BCUT2D eigenvalue weighted by atomic mass is 9.93. The number of nitrogens with one attached hydrogen (secondary N) is 1. The zero-order valence-electron chi connectivity index (χ0n) is 13.5. The first-order valence-corrected chi connectivity index (χ1v) is 8.62. The number of Topliss-reactive ketones (excluding diaryl/α,β-unsaturated/α-hetero) is 1. The van der Waals surface area contributed by atoms with E-state index in [0.29, 0.717) is 17.0 Å². The van der Waals surface area contributed by atoms with Crippen molar-refractivity contribution in [3.63, 3.8) is 0 Å². The van der Waals surface area contributed by atoms with Gasteiger partial charge < -0.3 is 10.1 Å². The highest BCUT2D eigenvalue weighted by atomic mass is 35.5. The van der Waals surface area contributed by atoms with Crippen LogP contribution >= 0.6 is 34.8 Å². The van der Waals surface area contributed by atoms with E-state index in [9.17, 15) is 9.59 Å². The molecule has 1 aliphatic rings. The van der Waals surface area contributed by atoms with Crippen molar-refractivity contribution < 1.29 is 14.3 Å². The fourth-order valence-electron chi connectivity index (χ4n) is 2.66. The number of halogens is 3. The predicted octanol–water partition coefficient (Wildman–Crippen LogP) is 5.64. The van der Waals surface area contributed by atoms with Crippen LogP contribution in [0.25, 0.3) is 0 Å². The summed E-state index contributed by atoms with van der Waals surface area (Å²) in [7, 11) is 0. The molecular weight excluding hydrogens is 385 g/mol. The van der Waals surface area contributed by atoms with Gasteiger partial charge in [-0.3, -0.25) is 9.59 Å². The number of carbonyl (C=O) groups excluding carboxylic acids is 2. The fourth-order valence-corrected chi connectivity index (χ4v) is 3.36. The van der Waals surface area contributed by atoms with E-state index < -0.39 is 11.5 Å². The molecule has 0 spiro atoms. The van der Waals surface area contributed by atoms with Gasteiger partial charge in [0.1, 0.15) is 11.4 Å². The summed E-state index contributed by atoms with van der Waals surface area (Å²) in [5.74, 6) is -0.0544. The fraction of sp³-hybridized carbons (Fsp3) is 0.222. The van der Waals surface area contributed by atoms with Crippen molar-refractivity contribution in [2.45, 2.75) is 25.9 Å². The summed E-state index contributed by atoms with van der Waals surface area (Å²) in [6, 6.07) is 7.90. The first kappa shape index (κ1) is 18.1. The van der Waals surface area contributed by atoms with Gasteiger partial charge in [0.15, 0.2) is 5.78 Å². The molecule has 4 nitrogen and oxygen atoms in total. The Kier molecular flexibility index (Phi) is 4.71. The van der Waals surface area contributed by atoms with Crippen molar-refractivity contribution in [1.82, 2.24) is 0 Å². The predicted molar refractivity (Wildman–Crippen MR) is 99.5 cm³/mol. The van der Waals surface area contributed by atoms with Crippen LogP contribution in [0.4, 0.5) is 5.69 Å². The topological polar surface area (TPSA) is 55.4 Å². The van der Waals surface area contributed by atoms with E-state index in [1.165, 1.54) is 12.1 Å². The van der Waals surface area contributed by atoms with Crippen molar-refractivity contribution in [2.24, 2.45) is 0 Å². The van der Waals surface area contributed by atoms with E-state index >= 15 is 0 Å². The first-order chi connectivity index (χ1) is 11.7. The number of ether oxygens (including phenoxy) is 1. The van der Waals surface area contributed by atoms with Gasteiger partial charge >= 0.3 is 0 Å². The number of amides is 1. The minimum absolute atomic E-state index is 0.0406. The number of hydrogen-bond donors (Lipinski definition) is 1. The molecule has 0 fully saturated rings. The van der Waals surface area contributed by atoms with Crippen molar-refractivity contribution in [2.75, 3.05) is 5.32 Å². The van der Waals surface area contributed by atoms with Gasteiger partial charge in [-0.25, -0.2) is 0 Å². The van der Waals surface area contributed by atoms with Crippen molar-refractivity contribution in [1.29, 1.82) is 0 Å². The third-order valence-electron chi connectivity index (χ3n) is 3.78. The molecule has 2 aromatic rings. The molecule has 2 aromatic carbocycles. The average Bonchev–Trinajstić information content (AvgIpc) is 2.51. The second-order valence-electron chi connectivity index (χ2n) is 6.34. The number of benzene rings is 2. The molecule has 3 rings (SSSR count). The Hall–Kier alpha value is -1.75. The molecule has 25 heavy (non-hydrogen) atoms. The van der Waals surface area contributed by atoms with Crippen LogP contribution in [0.3, 0.4) is 0 Å². The van der Waals surface area contributed by atoms with Crippen molar-refractivity contribution >= 4 is 52.2 Å². The quantitative estimate of drug-likeness (QED) is 0.666. The number of hydrogen-bond acceptors (Lipinski definition) is 3. The maximum absolute atomic E-state index is 12.5. The number of fused-ring (bicyclic) bond motifs is 1. The molecule has 0 atom stereocenters. The van der Waals surface area contributed by atoms with Gasteiger partial charge in [-0.15, -0.1) is 0 Å². The largest absolute Gasteiger partial charge is 0.487 e. The Morgan fingerprint density at radius 3 is 2.52 bits per heavy atom. The zero-order chi connectivity index (χ0) is 18.4. The van der Waals surface area contributed by atoms with Gasteiger partial charge in [-0.05, 0) is 44.2 Å². The van der Waals surface area contributed by atoms with Gasteiger partial charge in [-0.1, -0.05) is 34.8 Å². The molecule has 0 saturated carbocycles. The van der Waals surface area contributed by atoms with Crippen molar-refractivity contribution in [3.05, 3.63) is 56.5 Å². The Labute approximate surface area is 160 Å². The summed E-state index contributed by atoms with van der Waals surface area (Å²) < 4.78 is 5.80. The first-order valence-electron chi connectivity index (χ1n) is 7.49. The molecule has 0 radical (unpaired) electrons. The van der Waals surface area contributed by atoms with Gasteiger partial charge in [0.2, 0.25) is 0 Å². The van der Waals surface area contributed by atoms with Gasteiger partial charge in [0, 0.05) is 5.69 Å². The number of anilines is 1. The maximum atomic E-state index is 12.5. The van der Waals surface area contributed by atoms with Crippen LogP contribution < -0.4 is 10.1 Å². The number of ketones is 1. The van der Waals surface area contributed by atoms with Crippen LogP contribution in [0.5, 0.6) is 5.75 Å². The molecule has 130 valence electrons. The molecule has 0 saturated heterocycles. The minimum Gasteiger partial charge on any atom is -0.487 e. The van der Waals surface area contributed by atoms with Crippen LogP contribution in [-0.2, 0) is 0 Å². The second kappa shape index (κ2) is 6.52. The molecule has 0 unspecified atom stereocenters. The normalized spacial score (nSPS) is 15.3. The Morgan fingerprint density at radius 1 is 1.12 bits per heavy atom. The highest BCUT2D eigenvalue weighted by Gasteiger charge is 2.32. The van der Waals surface area contributed by atoms with Gasteiger partial charge in [0.25, 0.3) is 5.91 Å². The summed E-state index contributed by atoms with van der Waals surface area (Å²) in [6.07, 6.45) is 0.267. The molecule has 1 N–H and O–H groups in total. The smallest absolute Gasteiger partial charge is 0.258 e. The van der Waals surface area contributed by atoms with Crippen LogP contribution in [0.1, 0.15) is 41.0 Å². The zero-order valence-corrected chi connectivity index (χ0v) is 15.7. The molecule has 1 amide bonds. The van der Waals surface area contributed by atoms with Gasteiger partial charge in [-0.2, -0.15) is 0 Å². The van der Waals surface area contributed by atoms with Crippen LogP contribution in [0.2, 0.25) is 15.1 Å². The Morgan fingerprint density at radius 2 is 1.80 bits per heavy atom. The van der Waals surface area contributed by atoms with Crippen LogP contribution in [-0.4, -0.2) is 17.3 Å². The summed E-state index contributed by atoms with van der Waals surface area (Å²) >= 11 is 18.1. The molecule has 0 aromatic heterocycles. The summed E-state index contributed by atoms with van der Waals surface area (Å²) in [4.78, 5) is 24.8. The second-order valence-corrected chi connectivity index (χ2v) is 7.54. The van der Waals surface area contributed by atoms with E-state index in [-0.39, 0.29) is 32.8 Å². The molecule has 0 bridgehead atoms. The average molecular weight is 399 g/mol. The number of carbonyl (C=O) groups is 2. The summed E-state index contributed by atoms with van der Waals surface area (Å²) in [5, 5.41) is 3.17. The molecular formula is C18H14Cl3NO3. The highest BCUT2D eigenvalue weighted by Crippen LogP contribution is 2.35. The lowest BCUT2D eigenvalue weighted by Gasteiger charge is -2.31. The lowest BCUT2D eigenvalue weighted by Crippen LogP contribution is -2.35.